The van der Waals surface area contributed by atoms with Gasteiger partial charge < -0.3 is 10.2 Å². The molecule has 0 radical (unpaired) electrons. The highest BCUT2D eigenvalue weighted by molar-refractivity contribution is 7.15. The van der Waals surface area contributed by atoms with Gasteiger partial charge in [-0.2, -0.15) is 0 Å². The van der Waals surface area contributed by atoms with E-state index in [-0.39, 0.29) is 0 Å². The normalized spacial score (nSPS) is 21.0. The molecule has 0 aromatic carbocycles. The van der Waals surface area contributed by atoms with Gasteiger partial charge in [-0.15, -0.1) is 11.3 Å². The summed E-state index contributed by atoms with van der Waals surface area (Å²) < 4.78 is 0. The summed E-state index contributed by atoms with van der Waals surface area (Å²) in [5, 5.41) is 4.80. The monoisotopic (exact) mass is 279 g/mol. The average Bonchev–Trinajstić information content (AvgIpc) is 3.15. The molecule has 2 aliphatic rings. The van der Waals surface area contributed by atoms with Crippen molar-refractivity contribution in [2.45, 2.75) is 58.0 Å². The lowest BCUT2D eigenvalue weighted by molar-refractivity contribution is 0.378. The molecule has 2 heterocycles. The van der Waals surface area contributed by atoms with E-state index in [1.54, 1.807) is 0 Å². The maximum atomic E-state index is 4.61. The molecule has 1 saturated carbocycles. The second kappa shape index (κ2) is 6.23. The van der Waals surface area contributed by atoms with E-state index in [9.17, 15) is 0 Å². The molecule has 2 fully saturated rings. The summed E-state index contributed by atoms with van der Waals surface area (Å²) in [4.78, 5) is 8.48. The molecule has 1 aliphatic carbocycles. The van der Waals surface area contributed by atoms with E-state index >= 15 is 0 Å². The average molecular weight is 279 g/mol. The van der Waals surface area contributed by atoms with Gasteiger partial charge in [0.05, 0.1) is 0 Å². The SMILES string of the molecule is CCCC1CCN(c2ncc(CNC3CC3)s2)CC1. The van der Waals surface area contributed by atoms with Crippen molar-refractivity contribution >= 4 is 16.5 Å². The van der Waals surface area contributed by atoms with Crippen molar-refractivity contribution in [1.29, 1.82) is 0 Å². The number of nitrogens with one attached hydrogen (secondary N) is 1. The first-order valence-electron chi connectivity index (χ1n) is 7.78. The number of nitrogens with zero attached hydrogens (tertiary/aromatic N) is 2. The van der Waals surface area contributed by atoms with Crippen LogP contribution in [-0.4, -0.2) is 24.1 Å². The van der Waals surface area contributed by atoms with Gasteiger partial charge in [0.25, 0.3) is 0 Å². The number of hydrogen-bond donors (Lipinski definition) is 1. The van der Waals surface area contributed by atoms with Gasteiger partial charge in [-0.25, -0.2) is 4.98 Å². The van der Waals surface area contributed by atoms with Crippen LogP contribution in [0, 0.1) is 5.92 Å². The molecule has 0 atom stereocenters. The zero-order valence-corrected chi connectivity index (χ0v) is 12.7. The largest absolute Gasteiger partial charge is 0.348 e. The maximum Gasteiger partial charge on any atom is 0.185 e. The van der Waals surface area contributed by atoms with Gasteiger partial charge in [0, 0.05) is 36.8 Å². The Morgan fingerprint density at radius 3 is 2.79 bits per heavy atom. The van der Waals surface area contributed by atoms with Crippen LogP contribution in [0.25, 0.3) is 0 Å². The third-order valence-corrected chi connectivity index (χ3v) is 5.32. The molecular weight excluding hydrogens is 254 g/mol. The second-order valence-corrected chi connectivity index (χ2v) is 7.08. The summed E-state index contributed by atoms with van der Waals surface area (Å²) >= 11 is 1.88. The van der Waals surface area contributed by atoms with Gasteiger partial charge >= 0.3 is 0 Å². The molecule has 4 heteroatoms. The fourth-order valence-electron chi connectivity index (χ4n) is 2.88. The smallest absolute Gasteiger partial charge is 0.185 e. The zero-order chi connectivity index (χ0) is 13.1. The van der Waals surface area contributed by atoms with Crippen molar-refractivity contribution < 1.29 is 0 Å². The minimum atomic E-state index is 0.787. The molecule has 19 heavy (non-hydrogen) atoms. The molecule has 1 N–H and O–H groups in total. The Morgan fingerprint density at radius 2 is 2.11 bits per heavy atom. The number of piperidine rings is 1. The Hall–Kier alpha value is -0.610. The van der Waals surface area contributed by atoms with Crippen LogP contribution in [0.4, 0.5) is 5.13 Å². The van der Waals surface area contributed by atoms with Crippen molar-refractivity contribution in [2.75, 3.05) is 18.0 Å². The van der Waals surface area contributed by atoms with E-state index in [0.717, 1.165) is 18.5 Å². The van der Waals surface area contributed by atoms with Crippen LogP contribution in [0.2, 0.25) is 0 Å². The molecule has 1 aromatic rings. The van der Waals surface area contributed by atoms with Crippen LogP contribution in [0.3, 0.4) is 0 Å². The molecule has 0 spiro atoms. The highest BCUT2D eigenvalue weighted by Gasteiger charge is 2.22. The van der Waals surface area contributed by atoms with Crippen LogP contribution in [-0.2, 0) is 6.54 Å². The lowest BCUT2D eigenvalue weighted by atomic mass is 9.93. The van der Waals surface area contributed by atoms with Crippen molar-refractivity contribution in [3.05, 3.63) is 11.1 Å². The van der Waals surface area contributed by atoms with Gasteiger partial charge in [0.2, 0.25) is 0 Å². The number of aromatic nitrogens is 1. The number of anilines is 1. The molecular formula is C15H25N3S. The van der Waals surface area contributed by atoms with Crippen LogP contribution in [0.5, 0.6) is 0 Å². The van der Waals surface area contributed by atoms with Crippen molar-refractivity contribution in [3.8, 4) is 0 Å². The minimum Gasteiger partial charge on any atom is -0.348 e. The molecule has 0 amide bonds. The number of hydrogen-bond acceptors (Lipinski definition) is 4. The maximum absolute atomic E-state index is 4.61. The Balaban J connectivity index is 1.48. The standard InChI is InChI=1S/C15H25N3S/c1-2-3-12-6-8-18(9-7-12)15-17-11-14(19-15)10-16-13-4-5-13/h11-13,16H,2-10H2,1H3. The van der Waals surface area contributed by atoms with Crippen LogP contribution < -0.4 is 10.2 Å². The first kappa shape index (κ1) is 13.4. The van der Waals surface area contributed by atoms with Crippen molar-refractivity contribution in [2.24, 2.45) is 5.92 Å². The van der Waals surface area contributed by atoms with E-state index in [1.807, 2.05) is 11.3 Å². The van der Waals surface area contributed by atoms with Crippen molar-refractivity contribution in [1.82, 2.24) is 10.3 Å². The molecule has 1 aromatic heterocycles. The van der Waals surface area contributed by atoms with E-state index in [2.05, 4.69) is 28.3 Å². The molecule has 0 bridgehead atoms. The molecule has 3 nitrogen and oxygen atoms in total. The summed E-state index contributed by atoms with van der Waals surface area (Å²) in [7, 11) is 0. The predicted octanol–water partition coefficient (Wildman–Crippen LogP) is 3.41. The van der Waals surface area contributed by atoms with E-state index in [4.69, 9.17) is 0 Å². The highest BCUT2D eigenvalue weighted by Crippen LogP contribution is 2.29. The lowest BCUT2D eigenvalue weighted by Crippen LogP contribution is -2.33. The third kappa shape index (κ3) is 3.69. The Kier molecular flexibility index (Phi) is 4.38. The second-order valence-electron chi connectivity index (χ2n) is 5.98. The summed E-state index contributed by atoms with van der Waals surface area (Å²) in [6.07, 6.45) is 10.2. The molecule has 1 aliphatic heterocycles. The fraction of sp³-hybridized carbons (Fsp3) is 0.800. The van der Waals surface area contributed by atoms with Crippen LogP contribution in [0.15, 0.2) is 6.20 Å². The Labute approximate surface area is 120 Å². The number of rotatable bonds is 6. The first-order valence-corrected chi connectivity index (χ1v) is 8.60. The molecule has 3 rings (SSSR count). The lowest BCUT2D eigenvalue weighted by Gasteiger charge is -2.31. The number of thiazole rings is 1. The minimum absolute atomic E-state index is 0.787. The zero-order valence-electron chi connectivity index (χ0n) is 11.9. The van der Waals surface area contributed by atoms with Gasteiger partial charge in [-0.3, -0.25) is 0 Å². The summed E-state index contributed by atoms with van der Waals surface area (Å²) in [5.74, 6) is 0.956. The summed E-state index contributed by atoms with van der Waals surface area (Å²) in [5.41, 5.74) is 0. The Bertz CT molecular complexity index is 392. The third-order valence-electron chi connectivity index (χ3n) is 4.27. The summed E-state index contributed by atoms with van der Waals surface area (Å²) in [6.45, 7) is 5.71. The van der Waals surface area contributed by atoms with Gasteiger partial charge in [-0.05, 0) is 31.6 Å². The van der Waals surface area contributed by atoms with E-state index in [0.29, 0.717) is 0 Å². The molecule has 0 unspecified atom stereocenters. The van der Waals surface area contributed by atoms with Crippen molar-refractivity contribution in [3.63, 3.8) is 0 Å². The quantitative estimate of drug-likeness (QED) is 0.865. The van der Waals surface area contributed by atoms with E-state index in [1.165, 1.54) is 61.6 Å². The predicted molar refractivity (Wildman–Crippen MR) is 81.8 cm³/mol. The van der Waals surface area contributed by atoms with Gasteiger partial charge in [0.15, 0.2) is 5.13 Å². The van der Waals surface area contributed by atoms with Crippen LogP contribution >= 0.6 is 11.3 Å². The van der Waals surface area contributed by atoms with Gasteiger partial charge in [-0.1, -0.05) is 19.8 Å². The first-order chi connectivity index (χ1) is 9.35. The molecule has 1 saturated heterocycles. The molecule has 106 valence electrons. The van der Waals surface area contributed by atoms with Crippen LogP contribution in [0.1, 0.15) is 50.3 Å². The Morgan fingerprint density at radius 1 is 1.32 bits per heavy atom. The topological polar surface area (TPSA) is 28.2 Å². The highest BCUT2D eigenvalue weighted by atomic mass is 32.1. The fourth-order valence-corrected chi connectivity index (χ4v) is 3.79. The summed E-state index contributed by atoms with van der Waals surface area (Å²) in [6, 6.07) is 0.787. The van der Waals surface area contributed by atoms with Gasteiger partial charge in [0.1, 0.15) is 0 Å². The van der Waals surface area contributed by atoms with E-state index < -0.39 is 0 Å².